The molecule has 1 fully saturated rings. The fourth-order valence-electron chi connectivity index (χ4n) is 1.83. The van der Waals surface area contributed by atoms with Gasteiger partial charge in [-0.3, -0.25) is 0 Å². The molecule has 0 bridgehead atoms. The number of hydrogen-bond acceptors (Lipinski definition) is 3. The molecule has 0 saturated heterocycles. The highest BCUT2D eigenvalue weighted by atomic mass is 32.2. The topological polar surface area (TPSA) is 66.4 Å². The van der Waals surface area contributed by atoms with Crippen molar-refractivity contribution >= 4 is 10.0 Å². The number of nitrogens with one attached hydrogen (secondary N) is 1. The van der Waals surface area contributed by atoms with Crippen LogP contribution in [0.4, 0.5) is 0 Å². The molecule has 96 valence electrons. The molecule has 16 heavy (non-hydrogen) atoms. The van der Waals surface area contributed by atoms with Crippen LogP contribution in [0.1, 0.15) is 52.9 Å². The van der Waals surface area contributed by atoms with E-state index in [0.29, 0.717) is 12.8 Å². The minimum absolute atomic E-state index is 0.145. The van der Waals surface area contributed by atoms with Gasteiger partial charge in [-0.2, -0.15) is 0 Å². The van der Waals surface area contributed by atoms with Crippen LogP contribution in [0.3, 0.4) is 0 Å². The molecule has 1 aliphatic carbocycles. The zero-order valence-electron chi connectivity index (χ0n) is 10.4. The van der Waals surface area contributed by atoms with Crippen molar-refractivity contribution in [1.82, 2.24) is 4.72 Å². The predicted molar refractivity (Wildman–Crippen MR) is 64.7 cm³/mol. The van der Waals surface area contributed by atoms with Gasteiger partial charge < -0.3 is 5.11 Å². The van der Waals surface area contributed by atoms with E-state index in [1.807, 2.05) is 0 Å². The first kappa shape index (κ1) is 13.9. The van der Waals surface area contributed by atoms with E-state index in [1.165, 1.54) is 0 Å². The van der Waals surface area contributed by atoms with Crippen molar-refractivity contribution in [3.63, 3.8) is 0 Å². The lowest BCUT2D eigenvalue weighted by Gasteiger charge is -2.33. The van der Waals surface area contributed by atoms with Gasteiger partial charge in [0.25, 0.3) is 0 Å². The van der Waals surface area contributed by atoms with Crippen molar-refractivity contribution < 1.29 is 13.5 Å². The Morgan fingerprint density at radius 1 is 1.19 bits per heavy atom. The molecule has 1 rings (SSSR count). The number of rotatable bonds is 3. The van der Waals surface area contributed by atoms with Crippen molar-refractivity contribution in [1.29, 1.82) is 0 Å². The molecule has 0 aromatic heterocycles. The quantitative estimate of drug-likeness (QED) is 0.794. The molecule has 0 unspecified atom stereocenters. The second-order valence-corrected chi connectivity index (χ2v) is 8.24. The largest absolute Gasteiger partial charge is 0.389 e. The minimum Gasteiger partial charge on any atom is -0.389 e. The van der Waals surface area contributed by atoms with Crippen LogP contribution in [0.5, 0.6) is 0 Å². The van der Waals surface area contributed by atoms with E-state index < -0.39 is 20.4 Å². The first-order valence-corrected chi connectivity index (χ1v) is 7.36. The Morgan fingerprint density at radius 2 is 1.69 bits per heavy atom. The van der Waals surface area contributed by atoms with Crippen LogP contribution in [0.15, 0.2) is 0 Å². The molecular formula is C11H23NO3S. The smallest absolute Gasteiger partial charge is 0.216 e. The summed E-state index contributed by atoms with van der Waals surface area (Å²) in [6.45, 7) is 5.10. The van der Waals surface area contributed by atoms with Gasteiger partial charge >= 0.3 is 0 Å². The maximum Gasteiger partial charge on any atom is 0.216 e. The van der Waals surface area contributed by atoms with E-state index in [-0.39, 0.29) is 6.54 Å². The van der Waals surface area contributed by atoms with Gasteiger partial charge in [-0.05, 0) is 33.6 Å². The van der Waals surface area contributed by atoms with Crippen molar-refractivity contribution in [2.45, 2.75) is 63.2 Å². The average Bonchev–Trinajstić information content (AvgIpc) is 2.15. The predicted octanol–water partition coefficient (Wildman–Crippen LogP) is 1.40. The molecule has 2 N–H and O–H groups in total. The summed E-state index contributed by atoms with van der Waals surface area (Å²) in [5.41, 5.74) is -0.837. The number of sulfonamides is 1. The summed E-state index contributed by atoms with van der Waals surface area (Å²) in [4.78, 5) is 0. The van der Waals surface area contributed by atoms with E-state index >= 15 is 0 Å². The summed E-state index contributed by atoms with van der Waals surface area (Å²) >= 11 is 0. The van der Waals surface area contributed by atoms with Crippen molar-refractivity contribution in [2.24, 2.45) is 0 Å². The summed E-state index contributed by atoms with van der Waals surface area (Å²) in [6.07, 6.45) is 4.48. The molecule has 1 aliphatic rings. The van der Waals surface area contributed by atoms with Crippen LogP contribution in [-0.4, -0.2) is 30.4 Å². The van der Waals surface area contributed by atoms with Gasteiger partial charge in [0.05, 0.1) is 10.3 Å². The van der Waals surface area contributed by atoms with Crippen LogP contribution in [-0.2, 0) is 10.0 Å². The van der Waals surface area contributed by atoms with Crippen LogP contribution in [0.25, 0.3) is 0 Å². The molecule has 0 radical (unpaired) electrons. The fourth-order valence-corrected chi connectivity index (χ4v) is 2.72. The Balaban J connectivity index is 2.57. The molecule has 1 saturated carbocycles. The van der Waals surface area contributed by atoms with Crippen molar-refractivity contribution in [2.75, 3.05) is 6.54 Å². The van der Waals surface area contributed by atoms with E-state index in [4.69, 9.17) is 0 Å². The Kier molecular flexibility index (Phi) is 4.03. The highest BCUT2D eigenvalue weighted by Crippen LogP contribution is 2.27. The Hall–Kier alpha value is -0.130. The SMILES string of the molecule is CC(C)(C)S(=O)(=O)NCC1(O)CCCCC1. The van der Waals surface area contributed by atoms with E-state index in [9.17, 15) is 13.5 Å². The van der Waals surface area contributed by atoms with Gasteiger partial charge in [0.15, 0.2) is 0 Å². The first-order valence-electron chi connectivity index (χ1n) is 5.88. The Morgan fingerprint density at radius 3 is 2.12 bits per heavy atom. The maximum absolute atomic E-state index is 11.8. The summed E-state index contributed by atoms with van der Waals surface area (Å²) < 4.78 is 25.3. The molecule has 0 aromatic rings. The number of hydrogen-bond donors (Lipinski definition) is 2. The van der Waals surface area contributed by atoms with Crippen molar-refractivity contribution in [3.8, 4) is 0 Å². The van der Waals surface area contributed by atoms with Crippen LogP contribution < -0.4 is 4.72 Å². The lowest BCUT2D eigenvalue weighted by molar-refractivity contribution is 0.00936. The lowest BCUT2D eigenvalue weighted by atomic mass is 9.85. The summed E-state index contributed by atoms with van der Waals surface area (Å²) in [5.74, 6) is 0. The molecular weight excluding hydrogens is 226 g/mol. The van der Waals surface area contributed by atoms with E-state index in [0.717, 1.165) is 19.3 Å². The van der Waals surface area contributed by atoms with Gasteiger partial charge in [0.2, 0.25) is 10.0 Å². The highest BCUT2D eigenvalue weighted by Gasteiger charge is 2.34. The van der Waals surface area contributed by atoms with Crippen LogP contribution in [0.2, 0.25) is 0 Å². The monoisotopic (exact) mass is 249 g/mol. The third-order valence-corrected chi connectivity index (χ3v) is 5.32. The molecule has 0 spiro atoms. The molecule has 0 amide bonds. The first-order chi connectivity index (χ1) is 7.16. The lowest BCUT2D eigenvalue weighted by Crippen LogP contribution is -2.48. The molecule has 4 nitrogen and oxygen atoms in total. The Bertz CT molecular complexity index is 324. The standard InChI is InChI=1S/C11H23NO3S/c1-10(2,3)16(14,15)12-9-11(13)7-5-4-6-8-11/h12-13H,4-9H2,1-3H3. The Labute approximate surface area is 98.5 Å². The maximum atomic E-state index is 11.8. The van der Waals surface area contributed by atoms with Crippen LogP contribution >= 0.6 is 0 Å². The molecule has 0 atom stereocenters. The van der Waals surface area contributed by atoms with Crippen molar-refractivity contribution in [3.05, 3.63) is 0 Å². The van der Waals surface area contributed by atoms with Gasteiger partial charge in [-0.1, -0.05) is 19.3 Å². The molecule has 0 aromatic carbocycles. The van der Waals surface area contributed by atoms with E-state index in [1.54, 1.807) is 20.8 Å². The van der Waals surface area contributed by atoms with Gasteiger partial charge in [-0.25, -0.2) is 13.1 Å². The van der Waals surface area contributed by atoms with Gasteiger partial charge in [-0.15, -0.1) is 0 Å². The summed E-state index contributed by atoms with van der Waals surface area (Å²) in [6, 6.07) is 0. The molecule has 5 heteroatoms. The average molecular weight is 249 g/mol. The third kappa shape index (κ3) is 3.43. The normalized spacial score (nSPS) is 22.0. The zero-order chi connectivity index (χ0) is 12.4. The zero-order valence-corrected chi connectivity index (χ0v) is 11.2. The van der Waals surface area contributed by atoms with Gasteiger partial charge in [0, 0.05) is 6.54 Å². The molecule has 0 heterocycles. The van der Waals surface area contributed by atoms with Gasteiger partial charge in [0.1, 0.15) is 0 Å². The molecule has 0 aliphatic heterocycles. The second-order valence-electron chi connectivity index (χ2n) is 5.72. The fraction of sp³-hybridized carbons (Fsp3) is 1.00. The van der Waals surface area contributed by atoms with Crippen LogP contribution in [0, 0.1) is 0 Å². The highest BCUT2D eigenvalue weighted by molar-refractivity contribution is 7.90. The summed E-state index contributed by atoms with van der Waals surface area (Å²) in [5, 5.41) is 10.2. The number of aliphatic hydroxyl groups is 1. The third-order valence-electron chi connectivity index (χ3n) is 3.18. The summed E-state index contributed by atoms with van der Waals surface area (Å²) in [7, 11) is -3.35. The second kappa shape index (κ2) is 4.63. The minimum atomic E-state index is -3.35. The van der Waals surface area contributed by atoms with E-state index in [2.05, 4.69) is 4.72 Å².